The summed E-state index contributed by atoms with van der Waals surface area (Å²) in [5, 5.41) is 3.01. The molecular formula is C20H22N4O. The monoisotopic (exact) mass is 334 g/mol. The lowest BCUT2D eigenvalue weighted by atomic mass is 9.97. The zero-order valence-electron chi connectivity index (χ0n) is 14.3. The van der Waals surface area contributed by atoms with Crippen molar-refractivity contribution < 1.29 is 4.79 Å². The van der Waals surface area contributed by atoms with Gasteiger partial charge in [-0.25, -0.2) is 9.78 Å². The van der Waals surface area contributed by atoms with Crippen LogP contribution in [0.2, 0.25) is 0 Å². The van der Waals surface area contributed by atoms with Gasteiger partial charge in [-0.05, 0) is 49.6 Å². The molecule has 2 heterocycles. The van der Waals surface area contributed by atoms with E-state index in [2.05, 4.69) is 10.3 Å². The van der Waals surface area contributed by atoms with Gasteiger partial charge in [0.2, 0.25) is 0 Å². The summed E-state index contributed by atoms with van der Waals surface area (Å²) in [7, 11) is 0. The van der Waals surface area contributed by atoms with E-state index in [9.17, 15) is 4.79 Å². The predicted octanol–water partition coefficient (Wildman–Crippen LogP) is 4.28. The topological polar surface area (TPSA) is 61.0 Å². The van der Waals surface area contributed by atoms with E-state index >= 15 is 0 Å². The zero-order valence-corrected chi connectivity index (χ0v) is 14.3. The van der Waals surface area contributed by atoms with Crippen molar-refractivity contribution in [3.8, 4) is 0 Å². The first kappa shape index (κ1) is 15.7. The normalized spacial score (nSPS) is 17.6. The highest BCUT2D eigenvalue weighted by Crippen LogP contribution is 2.27. The van der Waals surface area contributed by atoms with Crippen molar-refractivity contribution in [2.24, 2.45) is 0 Å². The number of nitrogens with one attached hydrogen (secondary N) is 2. The lowest BCUT2D eigenvalue weighted by Gasteiger charge is -2.31. The molecule has 0 bridgehead atoms. The Morgan fingerprint density at radius 3 is 2.96 bits per heavy atom. The van der Waals surface area contributed by atoms with E-state index in [1.165, 1.54) is 0 Å². The number of piperidine rings is 1. The Kier molecular flexibility index (Phi) is 4.14. The minimum absolute atomic E-state index is 0.0357. The van der Waals surface area contributed by atoms with E-state index in [1.807, 2.05) is 60.4 Å². The first-order valence-corrected chi connectivity index (χ1v) is 8.76. The highest BCUT2D eigenvalue weighted by atomic mass is 16.2. The van der Waals surface area contributed by atoms with Gasteiger partial charge in [-0.1, -0.05) is 24.3 Å². The Morgan fingerprint density at radius 1 is 1.24 bits per heavy atom. The van der Waals surface area contributed by atoms with Crippen molar-refractivity contribution in [3.63, 3.8) is 0 Å². The van der Waals surface area contributed by atoms with Crippen LogP contribution in [0, 0.1) is 6.92 Å². The molecule has 0 aliphatic carbocycles. The molecule has 1 aromatic heterocycles. The first-order valence-electron chi connectivity index (χ1n) is 8.76. The van der Waals surface area contributed by atoms with Gasteiger partial charge < -0.3 is 15.2 Å². The average molecular weight is 334 g/mol. The van der Waals surface area contributed by atoms with Crippen molar-refractivity contribution >= 4 is 22.8 Å². The lowest BCUT2D eigenvalue weighted by Crippen LogP contribution is -2.41. The summed E-state index contributed by atoms with van der Waals surface area (Å²) < 4.78 is 0. The number of hydrogen-bond acceptors (Lipinski definition) is 2. The minimum Gasteiger partial charge on any atom is -0.342 e. The number of rotatable bonds is 2. The molecule has 2 amide bonds. The van der Waals surface area contributed by atoms with Crippen LogP contribution in [-0.2, 0) is 0 Å². The summed E-state index contributed by atoms with van der Waals surface area (Å²) in [4.78, 5) is 22.6. The Bertz CT molecular complexity index is 868. The molecule has 1 unspecified atom stereocenters. The van der Waals surface area contributed by atoms with Gasteiger partial charge in [-0.2, -0.15) is 0 Å². The van der Waals surface area contributed by atoms with Crippen LogP contribution in [0.25, 0.3) is 11.0 Å². The van der Waals surface area contributed by atoms with Crippen molar-refractivity contribution in [2.45, 2.75) is 25.7 Å². The molecule has 0 spiro atoms. The summed E-state index contributed by atoms with van der Waals surface area (Å²) >= 11 is 0. The van der Waals surface area contributed by atoms with Crippen molar-refractivity contribution in [2.75, 3.05) is 18.4 Å². The van der Waals surface area contributed by atoms with E-state index in [4.69, 9.17) is 4.98 Å². The quantitative estimate of drug-likeness (QED) is 0.735. The second kappa shape index (κ2) is 6.59. The van der Waals surface area contributed by atoms with E-state index in [-0.39, 0.29) is 11.9 Å². The number of aromatic nitrogens is 2. The third-order valence-electron chi connectivity index (χ3n) is 4.77. The average Bonchev–Trinajstić information content (AvgIpc) is 3.06. The number of carbonyl (C=O) groups excluding carboxylic acids is 1. The second-order valence-corrected chi connectivity index (χ2v) is 6.72. The maximum absolute atomic E-state index is 12.6. The number of anilines is 1. The van der Waals surface area contributed by atoms with Crippen molar-refractivity contribution in [3.05, 3.63) is 59.9 Å². The van der Waals surface area contributed by atoms with Crippen LogP contribution >= 0.6 is 0 Å². The van der Waals surface area contributed by atoms with Gasteiger partial charge in [0, 0.05) is 24.7 Å². The molecule has 5 heteroatoms. The maximum Gasteiger partial charge on any atom is 0.321 e. The van der Waals surface area contributed by atoms with E-state index < -0.39 is 0 Å². The summed E-state index contributed by atoms with van der Waals surface area (Å²) in [6.45, 7) is 3.50. The number of aromatic amines is 1. The molecule has 1 atom stereocenters. The molecule has 4 rings (SSSR count). The molecule has 2 aromatic carbocycles. The zero-order chi connectivity index (χ0) is 17.2. The van der Waals surface area contributed by atoms with Gasteiger partial charge in [0.1, 0.15) is 5.82 Å². The molecule has 1 aliphatic rings. The highest BCUT2D eigenvalue weighted by Gasteiger charge is 2.26. The van der Waals surface area contributed by atoms with E-state index in [1.54, 1.807) is 0 Å². The Labute approximate surface area is 147 Å². The summed E-state index contributed by atoms with van der Waals surface area (Å²) in [5.41, 5.74) is 4.02. The van der Waals surface area contributed by atoms with Crippen molar-refractivity contribution in [1.29, 1.82) is 0 Å². The summed E-state index contributed by atoms with van der Waals surface area (Å²) in [6.07, 6.45) is 2.04. The largest absolute Gasteiger partial charge is 0.342 e. The number of para-hydroxylation sites is 2. The molecule has 1 aliphatic heterocycles. The van der Waals surface area contributed by atoms with Crippen LogP contribution in [0.1, 0.15) is 30.1 Å². The molecule has 25 heavy (non-hydrogen) atoms. The van der Waals surface area contributed by atoms with E-state index in [0.29, 0.717) is 6.54 Å². The standard InChI is InChI=1S/C20H22N4O/c1-14-6-4-8-16(12-14)21-20(25)24-11-5-7-15(13-24)19-22-17-9-2-3-10-18(17)23-19/h2-4,6,8-10,12,15H,5,7,11,13H2,1H3,(H,21,25)(H,22,23). The smallest absolute Gasteiger partial charge is 0.321 e. The first-order chi connectivity index (χ1) is 12.2. The van der Waals surface area contributed by atoms with Crippen LogP contribution < -0.4 is 5.32 Å². The number of aryl methyl sites for hydroxylation is 1. The lowest BCUT2D eigenvalue weighted by molar-refractivity contribution is 0.191. The van der Waals surface area contributed by atoms with E-state index in [0.717, 1.165) is 47.5 Å². The number of hydrogen-bond donors (Lipinski definition) is 2. The van der Waals surface area contributed by atoms with Crippen LogP contribution in [0.3, 0.4) is 0 Å². The van der Waals surface area contributed by atoms with Gasteiger partial charge in [0.15, 0.2) is 0 Å². The molecular weight excluding hydrogens is 312 g/mol. The number of likely N-dealkylation sites (tertiary alicyclic amines) is 1. The molecule has 2 N–H and O–H groups in total. The number of benzene rings is 2. The fourth-order valence-electron chi connectivity index (χ4n) is 3.48. The number of amides is 2. The Balaban J connectivity index is 1.47. The van der Waals surface area contributed by atoms with Crippen LogP contribution in [0.5, 0.6) is 0 Å². The molecule has 0 saturated carbocycles. The summed E-state index contributed by atoms with van der Waals surface area (Å²) in [5.74, 6) is 1.23. The number of urea groups is 1. The number of H-pyrrole nitrogens is 1. The fraction of sp³-hybridized carbons (Fsp3) is 0.300. The second-order valence-electron chi connectivity index (χ2n) is 6.72. The highest BCUT2D eigenvalue weighted by molar-refractivity contribution is 5.89. The Hall–Kier alpha value is -2.82. The molecule has 0 radical (unpaired) electrons. The third-order valence-corrected chi connectivity index (χ3v) is 4.77. The molecule has 5 nitrogen and oxygen atoms in total. The molecule has 1 saturated heterocycles. The van der Waals surface area contributed by atoms with Crippen LogP contribution in [0.15, 0.2) is 48.5 Å². The van der Waals surface area contributed by atoms with Gasteiger partial charge in [-0.15, -0.1) is 0 Å². The molecule has 3 aromatic rings. The van der Waals surface area contributed by atoms with Crippen LogP contribution in [-0.4, -0.2) is 34.0 Å². The minimum atomic E-state index is -0.0357. The van der Waals surface area contributed by atoms with Crippen molar-refractivity contribution in [1.82, 2.24) is 14.9 Å². The molecule has 1 fully saturated rings. The SMILES string of the molecule is Cc1cccc(NC(=O)N2CCCC(c3nc4ccccc4[nH]3)C2)c1. The maximum atomic E-state index is 12.6. The van der Waals surface area contributed by atoms with Gasteiger partial charge in [-0.3, -0.25) is 0 Å². The Morgan fingerprint density at radius 2 is 2.12 bits per heavy atom. The van der Waals surface area contributed by atoms with Gasteiger partial charge >= 0.3 is 6.03 Å². The number of fused-ring (bicyclic) bond motifs is 1. The number of carbonyl (C=O) groups is 1. The molecule has 128 valence electrons. The van der Waals surface area contributed by atoms with Gasteiger partial charge in [0.05, 0.1) is 11.0 Å². The number of imidazole rings is 1. The predicted molar refractivity (Wildman–Crippen MR) is 99.8 cm³/mol. The summed E-state index contributed by atoms with van der Waals surface area (Å²) in [6, 6.07) is 15.9. The third kappa shape index (κ3) is 3.36. The van der Waals surface area contributed by atoms with Crippen LogP contribution in [0.4, 0.5) is 10.5 Å². The number of nitrogens with zero attached hydrogens (tertiary/aromatic N) is 2. The fourth-order valence-corrected chi connectivity index (χ4v) is 3.48. The van der Waals surface area contributed by atoms with Gasteiger partial charge in [0.25, 0.3) is 0 Å².